The maximum absolute atomic E-state index is 14.4. The highest BCUT2D eigenvalue weighted by molar-refractivity contribution is 6.29. The zero-order chi connectivity index (χ0) is 25.5. The number of unbranched alkanes of at least 4 members (excludes halogenated alkanes) is 1. The van der Waals surface area contributed by atoms with Crippen LogP contribution < -0.4 is 5.73 Å². The summed E-state index contributed by atoms with van der Waals surface area (Å²) >= 11 is 0. The number of hydrogen-bond acceptors (Lipinski definition) is 7. The van der Waals surface area contributed by atoms with E-state index in [4.69, 9.17) is 15.2 Å². The molecule has 1 aliphatic rings. The van der Waals surface area contributed by atoms with Gasteiger partial charge in [-0.25, -0.2) is 4.99 Å². The van der Waals surface area contributed by atoms with Crippen LogP contribution in [0.15, 0.2) is 77.8 Å². The second-order valence-electron chi connectivity index (χ2n) is 8.84. The molecule has 0 saturated heterocycles. The highest BCUT2D eigenvalue weighted by Gasteiger charge is 2.59. The fraction of sp³-hybridized carbons (Fsp3) is 0.310. The monoisotopic (exact) mass is 486 g/mol. The van der Waals surface area contributed by atoms with Crippen LogP contribution in [0.2, 0.25) is 0 Å². The van der Waals surface area contributed by atoms with E-state index in [1.165, 1.54) is 7.11 Å². The molecule has 1 heterocycles. The van der Waals surface area contributed by atoms with Crippen molar-refractivity contribution in [2.45, 2.75) is 31.2 Å². The molecule has 3 aromatic carbocycles. The number of carbonyl (C=O) groups is 3. The smallest absolute Gasteiger partial charge is 0.312 e. The largest absolute Gasteiger partial charge is 0.481 e. The van der Waals surface area contributed by atoms with Crippen molar-refractivity contribution >= 4 is 34.2 Å². The van der Waals surface area contributed by atoms with Gasteiger partial charge in [-0.2, -0.15) is 0 Å². The minimum atomic E-state index is -1.99. The Bertz CT molecular complexity index is 1280. The first-order valence-corrected chi connectivity index (χ1v) is 12.1. The summed E-state index contributed by atoms with van der Waals surface area (Å²) in [7, 11) is 1.25. The molecule has 3 aromatic rings. The summed E-state index contributed by atoms with van der Waals surface area (Å²) in [5.41, 5.74) is 4.69. The quantitative estimate of drug-likeness (QED) is 0.201. The zero-order valence-electron chi connectivity index (χ0n) is 20.3. The number of ketones is 2. The number of ether oxygens (including phenoxy) is 2. The van der Waals surface area contributed by atoms with Crippen LogP contribution in [0, 0.1) is 5.92 Å². The number of aliphatic imine (C=N–C) groups is 1. The van der Waals surface area contributed by atoms with E-state index in [0.29, 0.717) is 30.5 Å². The molecule has 0 bridgehead atoms. The zero-order valence-corrected chi connectivity index (χ0v) is 20.3. The summed E-state index contributed by atoms with van der Waals surface area (Å²) in [6, 6.07) is 22.0. The van der Waals surface area contributed by atoms with Crippen LogP contribution in [0.5, 0.6) is 0 Å². The average molecular weight is 487 g/mol. The van der Waals surface area contributed by atoms with Gasteiger partial charge in [0.1, 0.15) is 5.92 Å². The molecule has 0 spiro atoms. The average Bonchev–Trinajstić information content (AvgIpc) is 3.25. The highest BCUT2D eigenvalue weighted by Crippen LogP contribution is 2.38. The van der Waals surface area contributed by atoms with Crippen LogP contribution in [0.3, 0.4) is 0 Å². The molecular weight excluding hydrogens is 456 g/mol. The highest BCUT2D eigenvalue weighted by atomic mass is 16.5. The van der Waals surface area contributed by atoms with Crippen LogP contribution in [-0.2, 0) is 25.5 Å². The fourth-order valence-corrected chi connectivity index (χ4v) is 4.72. The lowest BCUT2D eigenvalue weighted by atomic mass is 9.72. The third-order valence-corrected chi connectivity index (χ3v) is 6.56. The summed E-state index contributed by atoms with van der Waals surface area (Å²) in [5.74, 6) is -2.67. The van der Waals surface area contributed by atoms with Crippen molar-refractivity contribution in [2.75, 3.05) is 20.3 Å². The Balaban J connectivity index is 1.85. The number of nitrogens with zero attached hydrogens (tertiary/aromatic N) is 1. The number of carbonyl (C=O) groups excluding carboxylic acids is 3. The molecule has 7 heteroatoms. The van der Waals surface area contributed by atoms with Crippen molar-refractivity contribution < 1.29 is 23.9 Å². The standard InChI is InChI=1S/C29H30N2O5/c1-35-28(34)24(18-20-10-3-2-4-11-20)29(25(32)19-26(31-29)36-17-8-7-16-30)27(33)23-15-9-13-21-12-5-6-14-22(21)23/h2-6,9-15,24H,7-8,16-19,30H2,1H3. The number of benzene rings is 3. The second-order valence-corrected chi connectivity index (χ2v) is 8.84. The van der Waals surface area contributed by atoms with Gasteiger partial charge >= 0.3 is 5.97 Å². The molecule has 36 heavy (non-hydrogen) atoms. The van der Waals surface area contributed by atoms with E-state index in [1.807, 2.05) is 60.7 Å². The number of fused-ring (bicyclic) bond motifs is 1. The minimum Gasteiger partial charge on any atom is -0.481 e. The molecule has 7 nitrogen and oxygen atoms in total. The third-order valence-electron chi connectivity index (χ3n) is 6.56. The number of rotatable bonds is 10. The molecule has 2 atom stereocenters. The Hall–Kier alpha value is -3.84. The Kier molecular flexibility index (Phi) is 7.90. The van der Waals surface area contributed by atoms with Gasteiger partial charge in [0.2, 0.25) is 0 Å². The normalized spacial score (nSPS) is 18.1. The van der Waals surface area contributed by atoms with Crippen LogP contribution in [0.4, 0.5) is 0 Å². The molecule has 2 N–H and O–H groups in total. The summed E-state index contributed by atoms with van der Waals surface area (Å²) in [6.45, 7) is 0.850. The van der Waals surface area contributed by atoms with Gasteiger partial charge in [0.25, 0.3) is 0 Å². The number of hydrogen-bond donors (Lipinski definition) is 1. The third kappa shape index (κ3) is 4.93. The molecule has 1 aliphatic heterocycles. The van der Waals surface area contributed by atoms with Crippen molar-refractivity contribution in [1.82, 2.24) is 0 Å². The fourth-order valence-electron chi connectivity index (χ4n) is 4.72. The van der Waals surface area contributed by atoms with Gasteiger partial charge in [-0.3, -0.25) is 14.4 Å². The van der Waals surface area contributed by atoms with Gasteiger partial charge in [0, 0.05) is 5.56 Å². The predicted octanol–water partition coefficient (Wildman–Crippen LogP) is 3.92. The van der Waals surface area contributed by atoms with Crippen molar-refractivity contribution in [3.05, 3.63) is 83.9 Å². The minimum absolute atomic E-state index is 0.111. The molecule has 4 rings (SSSR count). The van der Waals surface area contributed by atoms with Gasteiger partial charge in [-0.1, -0.05) is 72.8 Å². The number of methoxy groups -OCH3 is 1. The molecule has 0 radical (unpaired) electrons. The van der Waals surface area contributed by atoms with Gasteiger partial charge in [-0.15, -0.1) is 0 Å². The maximum Gasteiger partial charge on any atom is 0.312 e. The maximum atomic E-state index is 14.4. The molecule has 2 unspecified atom stereocenters. The predicted molar refractivity (Wildman–Crippen MR) is 138 cm³/mol. The van der Waals surface area contributed by atoms with Crippen LogP contribution in [-0.4, -0.2) is 49.2 Å². The number of Topliss-reactive ketones (excluding diaryl/α,β-unsaturated/α-hetero) is 2. The van der Waals surface area contributed by atoms with E-state index in [-0.39, 0.29) is 18.7 Å². The molecule has 0 amide bonds. The van der Waals surface area contributed by atoms with E-state index in [0.717, 1.165) is 17.4 Å². The molecule has 0 aromatic heterocycles. The Morgan fingerprint density at radius 3 is 2.47 bits per heavy atom. The van der Waals surface area contributed by atoms with E-state index in [9.17, 15) is 14.4 Å². The Morgan fingerprint density at radius 2 is 1.72 bits per heavy atom. The van der Waals surface area contributed by atoms with Crippen molar-refractivity contribution in [3.63, 3.8) is 0 Å². The summed E-state index contributed by atoms with van der Waals surface area (Å²) in [6.07, 6.45) is 1.40. The lowest BCUT2D eigenvalue weighted by Gasteiger charge is -2.30. The van der Waals surface area contributed by atoms with E-state index >= 15 is 0 Å². The van der Waals surface area contributed by atoms with Crippen LogP contribution in [0.25, 0.3) is 10.8 Å². The molecule has 186 valence electrons. The summed E-state index contributed by atoms with van der Waals surface area (Å²) in [4.78, 5) is 45.9. The van der Waals surface area contributed by atoms with Gasteiger partial charge in [0.05, 0.1) is 20.1 Å². The second kappa shape index (κ2) is 11.3. The topological polar surface area (TPSA) is 108 Å². The molecule has 0 saturated carbocycles. The Labute approximate surface area is 210 Å². The van der Waals surface area contributed by atoms with Gasteiger partial charge in [0.15, 0.2) is 23.0 Å². The first kappa shape index (κ1) is 25.3. The first-order valence-electron chi connectivity index (χ1n) is 12.1. The number of esters is 1. The van der Waals surface area contributed by atoms with Crippen LogP contribution >= 0.6 is 0 Å². The van der Waals surface area contributed by atoms with E-state index < -0.39 is 29.0 Å². The molecular formula is C29H30N2O5. The number of nitrogens with two attached hydrogens (primary N) is 1. The Morgan fingerprint density at radius 1 is 1.00 bits per heavy atom. The lowest BCUT2D eigenvalue weighted by Crippen LogP contribution is -2.53. The van der Waals surface area contributed by atoms with Crippen molar-refractivity contribution in [1.29, 1.82) is 0 Å². The lowest BCUT2D eigenvalue weighted by molar-refractivity contribution is -0.149. The summed E-state index contributed by atoms with van der Waals surface area (Å²) < 4.78 is 10.9. The first-order chi connectivity index (χ1) is 17.5. The van der Waals surface area contributed by atoms with Gasteiger partial charge < -0.3 is 15.2 Å². The van der Waals surface area contributed by atoms with Gasteiger partial charge in [-0.05, 0) is 42.1 Å². The summed E-state index contributed by atoms with van der Waals surface area (Å²) in [5, 5.41) is 1.54. The van der Waals surface area contributed by atoms with Crippen molar-refractivity contribution in [2.24, 2.45) is 16.6 Å². The SMILES string of the molecule is COC(=O)C(Cc1ccccc1)C1(C(=O)c2cccc3ccccc23)N=C(OCCCCN)CC1=O. The molecule has 0 fully saturated rings. The van der Waals surface area contributed by atoms with Crippen LogP contribution in [0.1, 0.15) is 35.2 Å². The molecule has 0 aliphatic carbocycles. The van der Waals surface area contributed by atoms with E-state index in [1.54, 1.807) is 12.1 Å². The van der Waals surface area contributed by atoms with Crippen molar-refractivity contribution in [3.8, 4) is 0 Å². The van der Waals surface area contributed by atoms with E-state index in [2.05, 4.69) is 4.99 Å².